The molecule has 15 atom stereocenters. The highest BCUT2D eigenvalue weighted by atomic mass is 16.8. The molecule has 3 aliphatic rings. The van der Waals surface area contributed by atoms with Gasteiger partial charge in [0.15, 0.2) is 29.7 Å². The number of aliphatic hydroxyl groups is 9. The Hall–Kier alpha value is -5.64. The number of fused-ring (bicyclic) bond motifs is 1. The largest absolute Gasteiger partial charge is 0.508 e. The van der Waals surface area contributed by atoms with Gasteiger partial charge in [0, 0.05) is 23.8 Å². The molecule has 1 aromatic heterocycles. The second-order valence-corrected chi connectivity index (χ2v) is 15.4. The number of phenolic OH excluding ortho intramolecular Hbond substituents is 4. The van der Waals surface area contributed by atoms with Crippen molar-refractivity contribution in [2.75, 3.05) is 13.2 Å². The van der Waals surface area contributed by atoms with Crippen molar-refractivity contribution >= 4 is 23.0 Å². The van der Waals surface area contributed by atoms with Crippen LogP contribution in [0.2, 0.25) is 0 Å². The predicted octanol–water partition coefficient (Wildman–Crippen LogP) is -2.24. The summed E-state index contributed by atoms with van der Waals surface area (Å²) >= 11 is 0. The summed E-state index contributed by atoms with van der Waals surface area (Å²) in [5.74, 6) is -4.66. The van der Waals surface area contributed by atoms with E-state index in [2.05, 4.69) is 0 Å². The summed E-state index contributed by atoms with van der Waals surface area (Å²) in [6, 6.07) is 10.9. The number of hydrogen-bond acceptors (Lipinski definition) is 23. The summed E-state index contributed by atoms with van der Waals surface area (Å²) in [5, 5.41) is 136. The first-order chi connectivity index (χ1) is 30.9. The molecule has 3 aliphatic heterocycles. The highest BCUT2D eigenvalue weighted by molar-refractivity contribution is 5.89. The Balaban J connectivity index is 1.19. The van der Waals surface area contributed by atoms with Crippen molar-refractivity contribution in [3.8, 4) is 45.8 Å². The summed E-state index contributed by atoms with van der Waals surface area (Å²) in [4.78, 5) is 26.9. The lowest BCUT2D eigenvalue weighted by Crippen LogP contribution is -2.64. The molecule has 13 N–H and O–H groups in total. The lowest BCUT2D eigenvalue weighted by Gasteiger charge is -2.45. The van der Waals surface area contributed by atoms with Crippen molar-refractivity contribution in [2.24, 2.45) is 0 Å². The molecule has 0 unspecified atom stereocenters. The number of carbonyl (C=O) groups is 1. The first kappa shape index (κ1) is 47.3. The summed E-state index contributed by atoms with van der Waals surface area (Å²) < 4.78 is 45.6. The Kier molecular flexibility index (Phi) is 14.2. The van der Waals surface area contributed by atoms with Crippen LogP contribution < -0.4 is 14.9 Å². The Morgan fingerprint density at radius 1 is 0.677 bits per heavy atom. The number of phenols is 4. The molecule has 3 saturated heterocycles. The van der Waals surface area contributed by atoms with Crippen LogP contribution in [0.5, 0.6) is 34.5 Å². The minimum atomic E-state index is -2.06. The van der Waals surface area contributed by atoms with Crippen molar-refractivity contribution in [2.45, 2.75) is 99.0 Å². The van der Waals surface area contributed by atoms with Crippen molar-refractivity contribution in [3.05, 3.63) is 76.5 Å². The topological polar surface area (TPSA) is 375 Å². The second kappa shape index (κ2) is 19.4. The molecule has 0 aliphatic carbocycles. The van der Waals surface area contributed by atoms with E-state index in [9.17, 15) is 76.0 Å². The van der Waals surface area contributed by atoms with Crippen LogP contribution in [0.1, 0.15) is 12.5 Å². The average Bonchev–Trinajstić information content (AvgIpc) is 3.28. The number of hydrogen-bond donors (Lipinski definition) is 13. The zero-order valence-corrected chi connectivity index (χ0v) is 33.8. The van der Waals surface area contributed by atoms with E-state index >= 15 is 0 Å². The molecular weight excluding hydrogens is 872 g/mol. The number of aromatic hydroxyl groups is 4. The summed E-state index contributed by atoms with van der Waals surface area (Å²) in [6.45, 7) is -0.163. The van der Waals surface area contributed by atoms with Gasteiger partial charge in [0.05, 0.1) is 12.7 Å². The minimum Gasteiger partial charge on any atom is -0.508 e. The molecular formula is C42H46O23. The monoisotopic (exact) mass is 918 g/mol. The molecule has 65 heavy (non-hydrogen) atoms. The number of carbonyl (C=O) groups excluding carboxylic acids is 1. The van der Waals surface area contributed by atoms with E-state index in [-0.39, 0.29) is 17.1 Å². The quantitative estimate of drug-likeness (QED) is 0.0406. The van der Waals surface area contributed by atoms with Crippen molar-refractivity contribution in [1.29, 1.82) is 0 Å². The third-order valence-electron chi connectivity index (χ3n) is 10.9. The molecule has 4 heterocycles. The first-order valence-electron chi connectivity index (χ1n) is 19.9. The van der Waals surface area contributed by atoms with Gasteiger partial charge in [-0.3, -0.25) is 4.79 Å². The van der Waals surface area contributed by atoms with Crippen LogP contribution in [0.3, 0.4) is 0 Å². The Morgan fingerprint density at radius 3 is 2.02 bits per heavy atom. The standard InChI is InChI=1S/C42H46O23/c1-15-28(49)34(55)39(65-41-36(57)33(54)30(51)25(63-41)14-58-26(48)9-4-16-2-6-18(44)7-3-16)42(59-15)64-38-31(52)27-22(47)11-19(60-40-35(56)32(53)29(50)24(13-43)62-40)12-23(27)61-37(38)17-5-8-20(45)21(46)10-17/h2-12,15,24-25,28-30,32-36,39-47,49-51,53-57H,13-14H2,1H3/b9-4-/t15-,24+,25+,28-,29+,30+,32-,33-,34+,35+,36+,39+,40+,41-,42-/m0/s1. The fourth-order valence-corrected chi connectivity index (χ4v) is 7.23. The Labute approximate surface area is 365 Å². The van der Waals surface area contributed by atoms with E-state index in [1.54, 1.807) is 0 Å². The van der Waals surface area contributed by atoms with Crippen molar-refractivity contribution in [1.82, 2.24) is 0 Å². The van der Waals surface area contributed by atoms with Crippen LogP contribution in [0.4, 0.5) is 0 Å². The molecule has 4 aromatic rings. The van der Waals surface area contributed by atoms with E-state index in [1.807, 2.05) is 0 Å². The fourth-order valence-electron chi connectivity index (χ4n) is 7.23. The Morgan fingerprint density at radius 2 is 1.34 bits per heavy atom. The van der Waals surface area contributed by atoms with Gasteiger partial charge < -0.3 is 104 Å². The second-order valence-electron chi connectivity index (χ2n) is 15.4. The smallest absolute Gasteiger partial charge is 0.330 e. The summed E-state index contributed by atoms with van der Waals surface area (Å²) in [6.07, 6.45) is -24.4. The number of ether oxygens (including phenoxy) is 7. The maximum atomic E-state index is 14.4. The van der Waals surface area contributed by atoms with Crippen LogP contribution in [0.15, 0.2) is 69.9 Å². The van der Waals surface area contributed by atoms with E-state index in [0.717, 1.165) is 30.3 Å². The van der Waals surface area contributed by atoms with Gasteiger partial charge in [-0.1, -0.05) is 12.1 Å². The molecule has 0 spiro atoms. The van der Waals surface area contributed by atoms with Crippen LogP contribution in [0.25, 0.3) is 28.4 Å². The molecule has 7 rings (SSSR count). The lowest BCUT2D eigenvalue weighted by molar-refractivity contribution is -0.355. The number of aliphatic hydroxyl groups excluding tert-OH is 9. The van der Waals surface area contributed by atoms with Gasteiger partial charge in [-0.15, -0.1) is 0 Å². The highest BCUT2D eigenvalue weighted by Crippen LogP contribution is 2.41. The van der Waals surface area contributed by atoms with E-state index in [1.165, 1.54) is 43.3 Å². The summed E-state index contributed by atoms with van der Waals surface area (Å²) in [5.41, 5.74) is -1.19. The molecule has 3 fully saturated rings. The molecule has 0 bridgehead atoms. The van der Waals surface area contributed by atoms with Crippen molar-refractivity contribution < 1.29 is 109 Å². The van der Waals surface area contributed by atoms with Crippen LogP contribution in [-0.2, 0) is 28.5 Å². The Bertz CT molecular complexity index is 2400. The van der Waals surface area contributed by atoms with E-state index in [4.69, 9.17) is 37.6 Å². The SMILES string of the molecule is C[C@@H]1O[C@@H](Oc2c(-c3ccc(O)c(O)c3)oc3cc(O[C@@H]4O[C@H](CO)[C@@H](O)[C@H](O)[C@H]4O)cc(O)c3c2=O)[C@H](O[C@@H]2O[C@H](COC(=O)/C=C\c3ccc(O)cc3)[C@@H](O)[C@H](O)[C@H]2O)[C@H](O)[C@H]1O. The van der Waals surface area contributed by atoms with Gasteiger partial charge in [0.25, 0.3) is 0 Å². The zero-order valence-electron chi connectivity index (χ0n) is 33.8. The van der Waals surface area contributed by atoms with Gasteiger partial charge in [0.2, 0.25) is 23.8 Å². The molecule has 23 heteroatoms. The molecule has 23 nitrogen and oxygen atoms in total. The van der Waals surface area contributed by atoms with Gasteiger partial charge in [-0.2, -0.15) is 0 Å². The molecule has 352 valence electrons. The first-order valence-corrected chi connectivity index (χ1v) is 19.9. The molecule has 3 aromatic carbocycles. The number of esters is 1. The van der Waals surface area contributed by atoms with Gasteiger partial charge >= 0.3 is 5.97 Å². The van der Waals surface area contributed by atoms with Crippen LogP contribution in [0, 0.1) is 0 Å². The minimum absolute atomic E-state index is 0.000991. The number of rotatable bonds is 12. The molecule has 0 radical (unpaired) electrons. The third-order valence-corrected chi connectivity index (χ3v) is 10.9. The normalized spacial score (nSPS) is 32.9. The average molecular weight is 919 g/mol. The van der Waals surface area contributed by atoms with Crippen LogP contribution >= 0.6 is 0 Å². The number of benzene rings is 3. The van der Waals surface area contributed by atoms with Gasteiger partial charge in [0.1, 0.15) is 95.9 Å². The van der Waals surface area contributed by atoms with Crippen LogP contribution in [-0.4, -0.2) is 178 Å². The zero-order chi connectivity index (χ0) is 47.0. The lowest BCUT2D eigenvalue weighted by atomic mass is 9.97. The van der Waals surface area contributed by atoms with Gasteiger partial charge in [-0.05, 0) is 48.9 Å². The fraction of sp³-hybridized carbons (Fsp3) is 0.429. The third kappa shape index (κ3) is 9.83. The van der Waals surface area contributed by atoms with E-state index in [0.29, 0.717) is 5.56 Å². The molecule has 0 amide bonds. The maximum Gasteiger partial charge on any atom is 0.330 e. The van der Waals surface area contributed by atoms with Crippen molar-refractivity contribution in [3.63, 3.8) is 0 Å². The maximum absolute atomic E-state index is 14.4. The summed E-state index contributed by atoms with van der Waals surface area (Å²) in [7, 11) is 0. The van der Waals surface area contributed by atoms with E-state index < -0.39 is 156 Å². The van der Waals surface area contributed by atoms with Gasteiger partial charge in [-0.25, -0.2) is 4.79 Å². The molecule has 0 saturated carbocycles. The predicted molar refractivity (Wildman–Crippen MR) is 214 cm³/mol. The highest BCUT2D eigenvalue weighted by Gasteiger charge is 2.51.